The van der Waals surface area contributed by atoms with Crippen LogP contribution in [-0.4, -0.2) is 14.9 Å². The number of aryl methyl sites for hydroxylation is 3. The minimum Gasteiger partial charge on any atom is -0.382 e. The van der Waals surface area contributed by atoms with Crippen LogP contribution in [0.25, 0.3) is 0 Å². The molecule has 0 spiro atoms. The standard InChI is InChI=1S/C15H20N2O/c1-5-17-14(9-11(3)16-17)15(18)13-8-6-7-10(2)12(13)4/h6-9,15,18H,5H2,1-4H3. The van der Waals surface area contributed by atoms with Crippen LogP contribution >= 0.6 is 0 Å². The lowest BCUT2D eigenvalue weighted by Gasteiger charge is -2.16. The smallest absolute Gasteiger partial charge is 0.121 e. The molecule has 0 aliphatic heterocycles. The van der Waals surface area contributed by atoms with Crippen LogP contribution in [0.1, 0.15) is 41.1 Å². The summed E-state index contributed by atoms with van der Waals surface area (Å²) in [6.07, 6.45) is -0.606. The maximum atomic E-state index is 10.6. The molecular weight excluding hydrogens is 224 g/mol. The van der Waals surface area contributed by atoms with Crippen LogP contribution in [0.3, 0.4) is 0 Å². The van der Waals surface area contributed by atoms with Crippen LogP contribution in [0.5, 0.6) is 0 Å². The molecule has 0 saturated heterocycles. The normalized spacial score (nSPS) is 12.7. The zero-order chi connectivity index (χ0) is 13.3. The molecule has 0 aliphatic rings. The number of aliphatic hydroxyl groups excluding tert-OH is 1. The van der Waals surface area contributed by atoms with Crippen molar-refractivity contribution < 1.29 is 5.11 Å². The van der Waals surface area contributed by atoms with E-state index in [9.17, 15) is 5.11 Å². The Labute approximate surface area is 108 Å². The summed E-state index contributed by atoms with van der Waals surface area (Å²) in [5.74, 6) is 0. The number of nitrogens with zero attached hydrogens (tertiary/aromatic N) is 2. The van der Waals surface area contributed by atoms with Crippen molar-refractivity contribution >= 4 is 0 Å². The van der Waals surface area contributed by atoms with Gasteiger partial charge in [0.15, 0.2) is 0 Å². The molecule has 2 rings (SSSR count). The summed E-state index contributed by atoms with van der Waals surface area (Å²) in [6, 6.07) is 7.99. The summed E-state index contributed by atoms with van der Waals surface area (Å²) in [5, 5.41) is 14.9. The van der Waals surface area contributed by atoms with Crippen molar-refractivity contribution in [3.8, 4) is 0 Å². The average Bonchev–Trinajstić information content (AvgIpc) is 2.73. The van der Waals surface area contributed by atoms with E-state index >= 15 is 0 Å². The second kappa shape index (κ2) is 4.94. The Kier molecular flexibility index (Phi) is 3.53. The molecule has 0 fully saturated rings. The summed E-state index contributed by atoms with van der Waals surface area (Å²) < 4.78 is 1.86. The zero-order valence-corrected chi connectivity index (χ0v) is 11.4. The molecule has 0 bridgehead atoms. The topological polar surface area (TPSA) is 38.0 Å². The molecule has 96 valence electrons. The van der Waals surface area contributed by atoms with Crippen LogP contribution < -0.4 is 0 Å². The van der Waals surface area contributed by atoms with Gasteiger partial charge in [-0.05, 0) is 50.5 Å². The average molecular weight is 244 g/mol. The Morgan fingerprint density at radius 2 is 2.00 bits per heavy atom. The fourth-order valence-corrected chi connectivity index (χ4v) is 2.27. The summed E-state index contributed by atoms with van der Waals surface area (Å²) in [5.41, 5.74) is 5.11. The SMILES string of the molecule is CCn1nc(C)cc1C(O)c1cccc(C)c1C. The molecule has 1 aromatic carbocycles. The second-order valence-electron chi connectivity index (χ2n) is 4.72. The van der Waals surface area contributed by atoms with Crippen LogP contribution in [0, 0.1) is 20.8 Å². The van der Waals surface area contributed by atoms with Crippen molar-refractivity contribution in [1.82, 2.24) is 9.78 Å². The van der Waals surface area contributed by atoms with Gasteiger partial charge in [0.25, 0.3) is 0 Å². The van der Waals surface area contributed by atoms with E-state index in [2.05, 4.69) is 18.1 Å². The predicted molar refractivity (Wildman–Crippen MR) is 72.6 cm³/mol. The first kappa shape index (κ1) is 12.8. The molecule has 1 N–H and O–H groups in total. The first-order chi connectivity index (χ1) is 8.54. The van der Waals surface area contributed by atoms with Crippen molar-refractivity contribution in [3.05, 3.63) is 52.3 Å². The number of rotatable bonds is 3. The maximum Gasteiger partial charge on any atom is 0.121 e. The molecule has 0 radical (unpaired) electrons. The molecule has 3 heteroatoms. The number of hydrogen-bond acceptors (Lipinski definition) is 2. The molecular formula is C15H20N2O. The Bertz CT molecular complexity index is 558. The largest absolute Gasteiger partial charge is 0.382 e. The lowest BCUT2D eigenvalue weighted by Crippen LogP contribution is -2.10. The van der Waals surface area contributed by atoms with Crippen LogP contribution in [0.4, 0.5) is 0 Å². The predicted octanol–water partition coefficient (Wildman–Crippen LogP) is 2.91. The van der Waals surface area contributed by atoms with Gasteiger partial charge in [-0.1, -0.05) is 18.2 Å². The van der Waals surface area contributed by atoms with Gasteiger partial charge < -0.3 is 5.11 Å². The van der Waals surface area contributed by atoms with Gasteiger partial charge in [0.1, 0.15) is 6.10 Å². The van der Waals surface area contributed by atoms with E-state index < -0.39 is 6.10 Å². The van der Waals surface area contributed by atoms with E-state index in [-0.39, 0.29) is 0 Å². The molecule has 18 heavy (non-hydrogen) atoms. The fraction of sp³-hybridized carbons (Fsp3) is 0.400. The number of hydrogen-bond donors (Lipinski definition) is 1. The zero-order valence-electron chi connectivity index (χ0n) is 11.4. The quantitative estimate of drug-likeness (QED) is 0.901. The van der Waals surface area contributed by atoms with Gasteiger partial charge in [0.2, 0.25) is 0 Å². The van der Waals surface area contributed by atoms with Crippen molar-refractivity contribution in [1.29, 1.82) is 0 Å². The van der Waals surface area contributed by atoms with Gasteiger partial charge in [0, 0.05) is 6.54 Å². The van der Waals surface area contributed by atoms with Crippen molar-refractivity contribution in [2.45, 2.75) is 40.3 Å². The van der Waals surface area contributed by atoms with Crippen LogP contribution in [0.15, 0.2) is 24.3 Å². The van der Waals surface area contributed by atoms with Gasteiger partial charge >= 0.3 is 0 Å². The highest BCUT2D eigenvalue weighted by molar-refractivity contribution is 5.38. The molecule has 1 heterocycles. The molecule has 1 atom stereocenters. The van der Waals surface area contributed by atoms with Crippen molar-refractivity contribution in [3.63, 3.8) is 0 Å². The lowest BCUT2D eigenvalue weighted by molar-refractivity contribution is 0.207. The van der Waals surface area contributed by atoms with E-state index in [1.165, 1.54) is 5.56 Å². The third kappa shape index (κ3) is 2.18. The highest BCUT2D eigenvalue weighted by Gasteiger charge is 2.18. The second-order valence-corrected chi connectivity index (χ2v) is 4.72. The molecule has 2 aromatic rings. The van der Waals surface area contributed by atoms with E-state index in [1.54, 1.807) is 0 Å². The van der Waals surface area contributed by atoms with Crippen molar-refractivity contribution in [2.75, 3.05) is 0 Å². The lowest BCUT2D eigenvalue weighted by atomic mass is 9.97. The van der Waals surface area contributed by atoms with Gasteiger partial charge in [-0.25, -0.2) is 0 Å². The third-order valence-corrected chi connectivity index (χ3v) is 3.45. The first-order valence-corrected chi connectivity index (χ1v) is 6.33. The van der Waals surface area contributed by atoms with E-state index in [1.807, 2.05) is 43.7 Å². The highest BCUT2D eigenvalue weighted by Crippen LogP contribution is 2.26. The van der Waals surface area contributed by atoms with Crippen LogP contribution in [-0.2, 0) is 6.54 Å². The Balaban J connectivity index is 2.47. The first-order valence-electron chi connectivity index (χ1n) is 6.33. The monoisotopic (exact) mass is 244 g/mol. The van der Waals surface area contributed by atoms with E-state index in [0.29, 0.717) is 0 Å². The number of aliphatic hydroxyl groups is 1. The minimum absolute atomic E-state index is 0.606. The molecule has 1 unspecified atom stereocenters. The Hall–Kier alpha value is -1.61. The third-order valence-electron chi connectivity index (χ3n) is 3.45. The summed E-state index contributed by atoms with van der Waals surface area (Å²) >= 11 is 0. The number of benzene rings is 1. The summed E-state index contributed by atoms with van der Waals surface area (Å²) in [7, 11) is 0. The van der Waals surface area contributed by atoms with Gasteiger partial charge in [-0.2, -0.15) is 5.10 Å². The van der Waals surface area contributed by atoms with Crippen LogP contribution in [0.2, 0.25) is 0 Å². The Morgan fingerprint density at radius 3 is 2.67 bits per heavy atom. The summed E-state index contributed by atoms with van der Waals surface area (Å²) in [4.78, 5) is 0. The highest BCUT2D eigenvalue weighted by atomic mass is 16.3. The maximum absolute atomic E-state index is 10.6. The van der Waals surface area contributed by atoms with E-state index in [4.69, 9.17) is 0 Å². The molecule has 3 nitrogen and oxygen atoms in total. The van der Waals surface area contributed by atoms with Gasteiger partial charge in [-0.3, -0.25) is 4.68 Å². The number of aromatic nitrogens is 2. The Morgan fingerprint density at radius 1 is 1.28 bits per heavy atom. The molecule has 0 aliphatic carbocycles. The fourth-order valence-electron chi connectivity index (χ4n) is 2.27. The van der Waals surface area contributed by atoms with Gasteiger partial charge in [-0.15, -0.1) is 0 Å². The van der Waals surface area contributed by atoms with Gasteiger partial charge in [0.05, 0.1) is 11.4 Å². The van der Waals surface area contributed by atoms with Crippen molar-refractivity contribution in [2.24, 2.45) is 0 Å². The van der Waals surface area contributed by atoms with E-state index in [0.717, 1.165) is 29.1 Å². The molecule has 0 saturated carbocycles. The molecule has 1 aromatic heterocycles. The molecule has 0 amide bonds. The minimum atomic E-state index is -0.606. The summed E-state index contributed by atoms with van der Waals surface area (Å²) in [6.45, 7) is 8.86.